The van der Waals surface area contributed by atoms with Gasteiger partial charge < -0.3 is 19.7 Å². The van der Waals surface area contributed by atoms with Gasteiger partial charge in [0.2, 0.25) is 5.88 Å². The summed E-state index contributed by atoms with van der Waals surface area (Å²) >= 11 is 0. The SMILES string of the molecule is Cc1onc(-c2ccc(F)cc2)c1COc1cc(C(=O)N[C@H](C)CO)n(C)n1. The van der Waals surface area contributed by atoms with Crippen LogP contribution in [0.1, 0.15) is 28.7 Å². The number of nitrogens with zero attached hydrogens (tertiary/aromatic N) is 3. The summed E-state index contributed by atoms with van der Waals surface area (Å²) in [7, 11) is 1.62. The minimum atomic E-state index is -0.371. The van der Waals surface area contributed by atoms with Crippen LogP contribution in [0.25, 0.3) is 11.3 Å². The number of aliphatic hydroxyl groups excluding tert-OH is 1. The zero-order chi connectivity index (χ0) is 20.3. The first-order valence-electron chi connectivity index (χ1n) is 8.68. The Morgan fingerprint density at radius 3 is 2.79 bits per heavy atom. The molecule has 0 bridgehead atoms. The smallest absolute Gasteiger partial charge is 0.269 e. The lowest BCUT2D eigenvalue weighted by molar-refractivity contribution is 0.0912. The Morgan fingerprint density at radius 1 is 1.39 bits per heavy atom. The van der Waals surface area contributed by atoms with Gasteiger partial charge in [-0.15, -0.1) is 5.10 Å². The quantitative estimate of drug-likeness (QED) is 0.643. The third-order valence-corrected chi connectivity index (χ3v) is 4.21. The summed E-state index contributed by atoms with van der Waals surface area (Å²) in [6.45, 7) is 3.41. The van der Waals surface area contributed by atoms with E-state index >= 15 is 0 Å². The molecule has 2 heterocycles. The van der Waals surface area contributed by atoms with Crippen molar-refractivity contribution in [2.24, 2.45) is 7.05 Å². The molecule has 9 heteroatoms. The van der Waals surface area contributed by atoms with Gasteiger partial charge in [0.1, 0.15) is 29.6 Å². The molecule has 0 spiro atoms. The van der Waals surface area contributed by atoms with E-state index in [0.29, 0.717) is 28.3 Å². The lowest BCUT2D eigenvalue weighted by Crippen LogP contribution is -2.36. The molecule has 148 valence electrons. The average Bonchev–Trinajstić information content (AvgIpc) is 3.23. The van der Waals surface area contributed by atoms with Crippen molar-refractivity contribution in [1.29, 1.82) is 0 Å². The molecule has 8 nitrogen and oxygen atoms in total. The van der Waals surface area contributed by atoms with E-state index in [0.717, 1.165) is 0 Å². The van der Waals surface area contributed by atoms with Crippen LogP contribution in [0, 0.1) is 12.7 Å². The number of aromatic nitrogens is 3. The van der Waals surface area contributed by atoms with Gasteiger partial charge in [0.15, 0.2) is 0 Å². The molecule has 1 atom stereocenters. The molecule has 0 fully saturated rings. The van der Waals surface area contributed by atoms with Gasteiger partial charge in [-0.25, -0.2) is 4.39 Å². The van der Waals surface area contributed by atoms with Crippen molar-refractivity contribution in [3.8, 4) is 17.1 Å². The summed E-state index contributed by atoms with van der Waals surface area (Å²) in [6.07, 6.45) is 0. The second-order valence-electron chi connectivity index (χ2n) is 6.41. The van der Waals surface area contributed by atoms with Crippen LogP contribution in [0.5, 0.6) is 5.88 Å². The maximum absolute atomic E-state index is 13.2. The zero-order valence-electron chi connectivity index (χ0n) is 15.8. The number of aryl methyl sites for hydroxylation is 2. The Labute approximate surface area is 160 Å². The molecule has 2 aromatic heterocycles. The highest BCUT2D eigenvalue weighted by molar-refractivity contribution is 5.93. The van der Waals surface area contributed by atoms with E-state index in [1.165, 1.54) is 22.9 Å². The van der Waals surface area contributed by atoms with Crippen molar-refractivity contribution in [3.05, 3.63) is 53.2 Å². The summed E-state index contributed by atoms with van der Waals surface area (Å²) < 4.78 is 25.5. The van der Waals surface area contributed by atoms with Crippen LogP contribution < -0.4 is 10.1 Å². The number of aliphatic hydroxyl groups is 1. The molecule has 0 radical (unpaired) electrons. The normalized spacial score (nSPS) is 12.0. The van der Waals surface area contributed by atoms with E-state index in [-0.39, 0.29) is 36.9 Å². The molecule has 1 aromatic carbocycles. The lowest BCUT2D eigenvalue weighted by atomic mass is 10.1. The highest BCUT2D eigenvalue weighted by atomic mass is 19.1. The minimum Gasteiger partial charge on any atom is -0.471 e. The van der Waals surface area contributed by atoms with Crippen LogP contribution in [-0.4, -0.2) is 38.6 Å². The fraction of sp³-hybridized carbons (Fsp3) is 0.316. The van der Waals surface area contributed by atoms with Crippen molar-refractivity contribution in [3.63, 3.8) is 0 Å². The lowest BCUT2D eigenvalue weighted by Gasteiger charge is -2.09. The molecule has 3 rings (SSSR count). The molecular weight excluding hydrogens is 367 g/mol. The minimum absolute atomic E-state index is 0.118. The van der Waals surface area contributed by atoms with Gasteiger partial charge in [-0.3, -0.25) is 9.48 Å². The Bertz CT molecular complexity index is 965. The van der Waals surface area contributed by atoms with Gasteiger partial charge >= 0.3 is 0 Å². The molecule has 3 aromatic rings. The molecule has 0 aliphatic heterocycles. The Balaban J connectivity index is 1.75. The molecule has 0 aliphatic rings. The van der Waals surface area contributed by atoms with E-state index in [1.807, 2.05) is 0 Å². The number of carbonyl (C=O) groups is 1. The topological polar surface area (TPSA) is 102 Å². The summed E-state index contributed by atoms with van der Waals surface area (Å²) in [5.41, 5.74) is 2.27. The van der Waals surface area contributed by atoms with E-state index in [4.69, 9.17) is 14.4 Å². The van der Waals surface area contributed by atoms with Crippen LogP contribution in [0.15, 0.2) is 34.9 Å². The predicted molar refractivity (Wildman–Crippen MR) is 98.2 cm³/mol. The van der Waals surface area contributed by atoms with Gasteiger partial charge in [-0.1, -0.05) is 5.16 Å². The number of halogens is 1. The summed E-state index contributed by atoms with van der Waals surface area (Å²) in [4.78, 5) is 12.2. The van der Waals surface area contributed by atoms with Crippen molar-refractivity contribution in [2.45, 2.75) is 26.5 Å². The highest BCUT2D eigenvalue weighted by Crippen LogP contribution is 2.26. The first kappa shape index (κ1) is 19.6. The summed E-state index contributed by atoms with van der Waals surface area (Å²) in [5, 5.41) is 19.9. The number of carbonyl (C=O) groups excluding carboxylic acids is 1. The second-order valence-corrected chi connectivity index (χ2v) is 6.41. The first-order valence-corrected chi connectivity index (χ1v) is 8.68. The highest BCUT2D eigenvalue weighted by Gasteiger charge is 2.19. The maximum Gasteiger partial charge on any atom is 0.269 e. The predicted octanol–water partition coefficient (Wildman–Crippen LogP) is 2.21. The number of benzene rings is 1. The molecule has 2 N–H and O–H groups in total. The zero-order valence-corrected chi connectivity index (χ0v) is 15.8. The van der Waals surface area contributed by atoms with Gasteiger partial charge in [0.25, 0.3) is 5.91 Å². The second kappa shape index (κ2) is 8.22. The van der Waals surface area contributed by atoms with Gasteiger partial charge in [-0.2, -0.15) is 0 Å². The Morgan fingerprint density at radius 2 is 2.11 bits per heavy atom. The van der Waals surface area contributed by atoms with Crippen molar-refractivity contribution in [1.82, 2.24) is 20.3 Å². The molecule has 0 saturated heterocycles. The third kappa shape index (κ3) is 4.20. The molecular formula is C19H21FN4O4. The molecule has 0 aliphatic carbocycles. The van der Waals surface area contributed by atoms with Crippen LogP contribution >= 0.6 is 0 Å². The standard InChI is InChI=1S/C19H21FN4O4/c1-11(9-25)21-19(26)16-8-17(22-24(16)3)27-10-15-12(2)28-23-18(15)13-4-6-14(20)7-5-13/h4-8,11,25H,9-10H2,1-3H3,(H,21,26)/t11-/m1/s1. The van der Waals surface area contributed by atoms with Gasteiger partial charge in [-0.05, 0) is 38.1 Å². The van der Waals surface area contributed by atoms with Crippen LogP contribution in [0.2, 0.25) is 0 Å². The largest absolute Gasteiger partial charge is 0.471 e. The number of rotatable bonds is 7. The van der Waals surface area contributed by atoms with E-state index in [9.17, 15) is 9.18 Å². The van der Waals surface area contributed by atoms with E-state index in [1.54, 1.807) is 33.0 Å². The number of ether oxygens (including phenoxy) is 1. The number of nitrogens with one attached hydrogen (secondary N) is 1. The third-order valence-electron chi connectivity index (χ3n) is 4.21. The van der Waals surface area contributed by atoms with Gasteiger partial charge in [0.05, 0.1) is 12.2 Å². The fourth-order valence-corrected chi connectivity index (χ4v) is 2.61. The number of hydrogen-bond donors (Lipinski definition) is 2. The Kier molecular flexibility index (Phi) is 5.74. The monoisotopic (exact) mass is 388 g/mol. The fourth-order valence-electron chi connectivity index (χ4n) is 2.61. The van der Waals surface area contributed by atoms with Crippen molar-refractivity contribution >= 4 is 5.91 Å². The molecule has 28 heavy (non-hydrogen) atoms. The first-order chi connectivity index (χ1) is 13.4. The summed E-state index contributed by atoms with van der Waals surface area (Å²) in [5.74, 6) is 0.135. The molecule has 0 saturated carbocycles. The van der Waals surface area contributed by atoms with E-state index < -0.39 is 0 Å². The molecule has 0 unspecified atom stereocenters. The van der Waals surface area contributed by atoms with Crippen LogP contribution in [0.4, 0.5) is 4.39 Å². The van der Waals surface area contributed by atoms with E-state index in [2.05, 4.69) is 15.6 Å². The number of amides is 1. The summed E-state index contributed by atoms with van der Waals surface area (Å²) in [6, 6.07) is 7.07. The maximum atomic E-state index is 13.2. The number of hydrogen-bond acceptors (Lipinski definition) is 6. The van der Waals surface area contributed by atoms with Crippen molar-refractivity contribution in [2.75, 3.05) is 6.61 Å². The van der Waals surface area contributed by atoms with Crippen LogP contribution in [0.3, 0.4) is 0 Å². The van der Waals surface area contributed by atoms with Gasteiger partial charge in [0, 0.05) is 24.7 Å². The van der Waals surface area contributed by atoms with Crippen LogP contribution in [-0.2, 0) is 13.7 Å². The average molecular weight is 388 g/mol. The van der Waals surface area contributed by atoms with Crippen molar-refractivity contribution < 1.29 is 23.6 Å². The Hall–Kier alpha value is -3.20. The molecule has 1 amide bonds.